The van der Waals surface area contributed by atoms with E-state index in [1.165, 1.54) is 0 Å². The van der Waals surface area contributed by atoms with Crippen LogP contribution in [0.3, 0.4) is 0 Å². The SMILES string of the molecule is O=C1CCC(N2CC3CCC(CNC(=O)NC4CC(Cl)CCC4Cl)CC3C2=O)C(=O)N1. The van der Waals surface area contributed by atoms with Crippen molar-refractivity contribution in [3.63, 3.8) is 0 Å². The van der Waals surface area contributed by atoms with Gasteiger partial charge in [-0.2, -0.15) is 0 Å². The minimum Gasteiger partial charge on any atom is -0.338 e. The molecule has 0 radical (unpaired) electrons. The molecule has 4 fully saturated rings. The summed E-state index contributed by atoms with van der Waals surface area (Å²) in [4.78, 5) is 50.6. The van der Waals surface area contributed by atoms with Gasteiger partial charge in [0, 0.05) is 36.8 Å². The zero-order valence-electron chi connectivity index (χ0n) is 17.4. The molecule has 4 aliphatic rings. The number of amides is 5. The molecule has 2 saturated carbocycles. The van der Waals surface area contributed by atoms with E-state index in [1.807, 2.05) is 0 Å². The van der Waals surface area contributed by atoms with Crippen molar-refractivity contribution in [2.24, 2.45) is 17.8 Å². The van der Waals surface area contributed by atoms with Gasteiger partial charge in [0.25, 0.3) is 0 Å². The molecule has 2 aliphatic carbocycles. The van der Waals surface area contributed by atoms with Crippen molar-refractivity contribution in [2.75, 3.05) is 13.1 Å². The Morgan fingerprint density at radius 3 is 2.65 bits per heavy atom. The molecule has 0 aromatic carbocycles. The molecule has 0 aromatic rings. The molecule has 172 valence electrons. The molecule has 3 N–H and O–H groups in total. The quantitative estimate of drug-likeness (QED) is 0.427. The lowest BCUT2D eigenvalue weighted by molar-refractivity contribution is -0.144. The first-order chi connectivity index (χ1) is 14.8. The van der Waals surface area contributed by atoms with Crippen LogP contribution in [0.1, 0.15) is 51.4 Å². The van der Waals surface area contributed by atoms with Crippen molar-refractivity contribution >= 4 is 47.0 Å². The van der Waals surface area contributed by atoms with Gasteiger partial charge in [0.1, 0.15) is 6.04 Å². The number of hydrogen-bond donors (Lipinski definition) is 3. The van der Waals surface area contributed by atoms with Crippen molar-refractivity contribution in [1.82, 2.24) is 20.9 Å². The highest BCUT2D eigenvalue weighted by Crippen LogP contribution is 2.41. The summed E-state index contributed by atoms with van der Waals surface area (Å²) in [7, 11) is 0. The maximum absolute atomic E-state index is 13.0. The average Bonchev–Trinajstić information content (AvgIpc) is 3.05. The Bertz CT molecular complexity index is 751. The van der Waals surface area contributed by atoms with Crippen LogP contribution in [0.4, 0.5) is 4.79 Å². The molecule has 8 nitrogen and oxygen atoms in total. The van der Waals surface area contributed by atoms with E-state index >= 15 is 0 Å². The van der Waals surface area contributed by atoms with Gasteiger partial charge in [0.2, 0.25) is 17.7 Å². The van der Waals surface area contributed by atoms with Crippen molar-refractivity contribution in [3.05, 3.63) is 0 Å². The molecule has 0 aromatic heterocycles. The van der Waals surface area contributed by atoms with E-state index in [4.69, 9.17) is 23.2 Å². The highest BCUT2D eigenvalue weighted by atomic mass is 35.5. The van der Waals surface area contributed by atoms with Crippen LogP contribution in [0.25, 0.3) is 0 Å². The van der Waals surface area contributed by atoms with Gasteiger partial charge in [-0.05, 0) is 56.8 Å². The Hall–Kier alpha value is -1.54. The highest BCUT2D eigenvalue weighted by molar-refractivity contribution is 6.23. The van der Waals surface area contributed by atoms with Crippen LogP contribution in [0.2, 0.25) is 0 Å². The summed E-state index contributed by atoms with van der Waals surface area (Å²) in [6.45, 7) is 1.08. The summed E-state index contributed by atoms with van der Waals surface area (Å²) < 4.78 is 0. The molecular formula is C21H30Cl2N4O4. The Morgan fingerprint density at radius 2 is 1.87 bits per heavy atom. The van der Waals surface area contributed by atoms with E-state index in [1.54, 1.807) is 4.90 Å². The van der Waals surface area contributed by atoms with E-state index < -0.39 is 6.04 Å². The number of halogens is 2. The van der Waals surface area contributed by atoms with Crippen molar-refractivity contribution < 1.29 is 19.2 Å². The topological polar surface area (TPSA) is 108 Å². The Balaban J connectivity index is 1.26. The summed E-state index contributed by atoms with van der Waals surface area (Å²) >= 11 is 12.5. The number of nitrogens with one attached hydrogen (secondary N) is 3. The number of fused-ring (bicyclic) bond motifs is 1. The molecule has 31 heavy (non-hydrogen) atoms. The molecule has 0 bridgehead atoms. The first-order valence-corrected chi connectivity index (χ1v) is 12.2. The Morgan fingerprint density at radius 1 is 1.06 bits per heavy atom. The van der Waals surface area contributed by atoms with Crippen LogP contribution in [-0.4, -0.2) is 64.6 Å². The standard InChI is InChI=1S/C21H30Cl2N4O4/c22-13-3-4-15(23)16(8-13)25-21(31)24-9-11-1-2-12-10-27(20(30)14(12)7-11)17-5-6-18(28)26-19(17)29/h11-17H,1-10H2,(H2,24,25,31)(H,26,28,29). The molecular weight excluding hydrogens is 443 g/mol. The van der Waals surface area contributed by atoms with Crippen molar-refractivity contribution in [1.29, 1.82) is 0 Å². The summed E-state index contributed by atoms with van der Waals surface area (Å²) in [5.74, 6) is -0.285. The van der Waals surface area contributed by atoms with Crippen LogP contribution in [0.5, 0.6) is 0 Å². The van der Waals surface area contributed by atoms with Crippen LogP contribution in [0.15, 0.2) is 0 Å². The van der Waals surface area contributed by atoms with Crippen LogP contribution in [-0.2, 0) is 14.4 Å². The number of carbonyl (C=O) groups excluding carboxylic acids is 4. The van der Waals surface area contributed by atoms with Crippen LogP contribution < -0.4 is 16.0 Å². The second kappa shape index (κ2) is 9.53. The normalized spacial score (nSPS) is 38.5. The maximum atomic E-state index is 13.0. The van der Waals surface area contributed by atoms with E-state index in [-0.39, 0.29) is 64.7 Å². The minimum absolute atomic E-state index is 0.00833. The van der Waals surface area contributed by atoms with Crippen LogP contribution >= 0.6 is 23.2 Å². The lowest BCUT2D eigenvalue weighted by Gasteiger charge is -2.32. The first kappa shape index (κ1) is 22.6. The molecule has 5 amide bonds. The number of imide groups is 1. The molecule has 2 aliphatic heterocycles. The predicted molar refractivity (Wildman–Crippen MR) is 116 cm³/mol. The number of likely N-dealkylation sites (tertiary alicyclic amines) is 1. The van der Waals surface area contributed by atoms with Crippen LogP contribution in [0, 0.1) is 17.8 Å². The Labute approximate surface area is 192 Å². The molecule has 7 atom stereocenters. The number of rotatable bonds is 4. The Kier molecular flexibility index (Phi) is 6.96. The van der Waals surface area contributed by atoms with E-state index in [2.05, 4.69) is 16.0 Å². The number of carbonyl (C=O) groups is 4. The van der Waals surface area contributed by atoms with Gasteiger partial charge >= 0.3 is 6.03 Å². The van der Waals surface area contributed by atoms with Gasteiger partial charge in [-0.25, -0.2) is 4.79 Å². The second-order valence-corrected chi connectivity index (χ2v) is 10.6. The van der Waals surface area contributed by atoms with Crippen molar-refractivity contribution in [2.45, 2.75) is 74.2 Å². The molecule has 10 heteroatoms. The fourth-order valence-electron chi connectivity index (χ4n) is 5.53. The fraction of sp³-hybridized carbons (Fsp3) is 0.810. The monoisotopic (exact) mass is 472 g/mol. The first-order valence-electron chi connectivity index (χ1n) is 11.3. The van der Waals surface area contributed by atoms with Crippen molar-refractivity contribution in [3.8, 4) is 0 Å². The van der Waals surface area contributed by atoms with E-state index in [0.717, 1.165) is 25.7 Å². The third-order valence-corrected chi connectivity index (χ3v) is 8.21. The van der Waals surface area contributed by atoms with Gasteiger partial charge in [-0.1, -0.05) is 0 Å². The number of alkyl halides is 2. The molecule has 7 unspecified atom stereocenters. The number of hydrogen-bond acceptors (Lipinski definition) is 4. The largest absolute Gasteiger partial charge is 0.338 e. The summed E-state index contributed by atoms with van der Waals surface area (Å²) in [5.41, 5.74) is 0. The second-order valence-electron chi connectivity index (χ2n) is 9.39. The van der Waals surface area contributed by atoms with Gasteiger partial charge < -0.3 is 15.5 Å². The molecule has 0 spiro atoms. The molecule has 4 rings (SSSR count). The smallest absolute Gasteiger partial charge is 0.315 e. The number of urea groups is 1. The fourth-order valence-corrected chi connectivity index (χ4v) is 6.14. The van der Waals surface area contributed by atoms with Gasteiger partial charge in [-0.15, -0.1) is 23.2 Å². The average molecular weight is 473 g/mol. The lowest BCUT2D eigenvalue weighted by atomic mass is 9.75. The minimum atomic E-state index is -0.539. The molecule has 2 heterocycles. The number of nitrogens with zero attached hydrogens (tertiary/aromatic N) is 1. The number of piperidine rings is 1. The lowest BCUT2D eigenvalue weighted by Crippen LogP contribution is -2.53. The summed E-state index contributed by atoms with van der Waals surface area (Å²) in [6, 6.07) is -0.915. The maximum Gasteiger partial charge on any atom is 0.315 e. The van der Waals surface area contributed by atoms with Gasteiger partial charge in [0.15, 0.2) is 0 Å². The summed E-state index contributed by atoms with van der Waals surface area (Å²) in [6.07, 6.45) is 5.53. The van der Waals surface area contributed by atoms with Gasteiger partial charge in [0.05, 0.1) is 5.38 Å². The van der Waals surface area contributed by atoms with E-state index in [0.29, 0.717) is 32.4 Å². The molecule has 2 saturated heterocycles. The third kappa shape index (κ3) is 5.11. The third-order valence-electron chi connectivity index (χ3n) is 7.29. The zero-order chi connectivity index (χ0) is 22.1. The summed E-state index contributed by atoms with van der Waals surface area (Å²) in [5, 5.41) is 8.15. The van der Waals surface area contributed by atoms with Gasteiger partial charge in [-0.3, -0.25) is 19.7 Å². The van der Waals surface area contributed by atoms with E-state index in [9.17, 15) is 19.2 Å². The highest BCUT2D eigenvalue weighted by Gasteiger charge is 2.48. The zero-order valence-corrected chi connectivity index (χ0v) is 19.0. The predicted octanol–water partition coefficient (Wildman–Crippen LogP) is 1.73.